The molecule has 0 aliphatic heterocycles. The maximum Gasteiger partial charge on any atom is 0.176 e. The number of furan rings is 1. The van der Waals surface area contributed by atoms with Crippen LogP contribution in [0.1, 0.15) is 36.7 Å². The lowest BCUT2D eigenvalue weighted by molar-refractivity contribution is 0.406. The molecule has 0 aliphatic carbocycles. The molecule has 0 aliphatic rings. The van der Waals surface area contributed by atoms with E-state index < -0.39 is 0 Å². The van der Waals surface area contributed by atoms with Crippen LogP contribution in [0, 0.1) is 0 Å². The third kappa shape index (κ3) is 2.75. The number of nitrogens with zero attached hydrogens (tertiary/aromatic N) is 1. The minimum absolute atomic E-state index is 0.342. The van der Waals surface area contributed by atoms with Crippen molar-refractivity contribution in [2.45, 2.75) is 19.8 Å². The zero-order valence-corrected chi connectivity index (χ0v) is 13.0. The summed E-state index contributed by atoms with van der Waals surface area (Å²) in [6, 6.07) is 10.1. The third-order valence-corrected chi connectivity index (χ3v) is 3.65. The molecule has 22 heavy (non-hydrogen) atoms. The Balaban J connectivity index is 2.08. The number of hydrogen-bond donors (Lipinski definition) is 0. The van der Waals surface area contributed by atoms with Crippen LogP contribution in [0.25, 0.3) is 23.1 Å². The van der Waals surface area contributed by atoms with Gasteiger partial charge in [-0.3, -0.25) is 4.98 Å². The number of ether oxygens (including phenoxy) is 1. The lowest BCUT2D eigenvalue weighted by Crippen LogP contribution is -1.84. The minimum Gasteiger partial charge on any atom is -0.493 e. The van der Waals surface area contributed by atoms with Gasteiger partial charge in [-0.05, 0) is 35.4 Å². The van der Waals surface area contributed by atoms with E-state index in [0.29, 0.717) is 5.92 Å². The summed E-state index contributed by atoms with van der Waals surface area (Å²) in [5.74, 6) is 2.08. The van der Waals surface area contributed by atoms with Crippen molar-refractivity contribution in [3.8, 4) is 5.75 Å². The molecule has 2 aromatic heterocycles. The summed E-state index contributed by atoms with van der Waals surface area (Å²) in [5, 5.41) is 1.08. The van der Waals surface area contributed by atoms with Crippen LogP contribution in [0.4, 0.5) is 0 Å². The van der Waals surface area contributed by atoms with Gasteiger partial charge in [0.1, 0.15) is 5.76 Å². The summed E-state index contributed by atoms with van der Waals surface area (Å²) in [5.41, 5.74) is 3.04. The van der Waals surface area contributed by atoms with Gasteiger partial charge in [0.15, 0.2) is 11.3 Å². The summed E-state index contributed by atoms with van der Waals surface area (Å²) in [6.45, 7) is 4.24. The first kappa shape index (κ1) is 14.4. The highest BCUT2D eigenvalue weighted by atomic mass is 16.5. The van der Waals surface area contributed by atoms with Crippen molar-refractivity contribution in [1.29, 1.82) is 0 Å². The van der Waals surface area contributed by atoms with E-state index in [1.807, 2.05) is 18.2 Å². The monoisotopic (exact) mass is 293 g/mol. The van der Waals surface area contributed by atoms with Crippen molar-refractivity contribution >= 4 is 23.1 Å². The summed E-state index contributed by atoms with van der Waals surface area (Å²) >= 11 is 0. The van der Waals surface area contributed by atoms with E-state index in [2.05, 4.69) is 43.1 Å². The molecule has 0 atom stereocenters. The van der Waals surface area contributed by atoms with Gasteiger partial charge in [-0.15, -0.1) is 0 Å². The minimum atomic E-state index is 0.342. The number of methoxy groups -OCH3 is 1. The Morgan fingerprint density at radius 3 is 2.55 bits per heavy atom. The number of rotatable bonds is 4. The second-order valence-electron chi connectivity index (χ2n) is 5.52. The van der Waals surface area contributed by atoms with Gasteiger partial charge in [-0.2, -0.15) is 0 Å². The topological polar surface area (TPSA) is 35.3 Å². The van der Waals surface area contributed by atoms with E-state index in [-0.39, 0.29) is 0 Å². The average molecular weight is 293 g/mol. The molecule has 0 saturated carbocycles. The van der Waals surface area contributed by atoms with E-state index >= 15 is 0 Å². The van der Waals surface area contributed by atoms with Gasteiger partial charge in [-0.25, -0.2) is 0 Å². The van der Waals surface area contributed by atoms with Gasteiger partial charge >= 0.3 is 0 Å². The zero-order chi connectivity index (χ0) is 15.5. The van der Waals surface area contributed by atoms with Crippen molar-refractivity contribution in [2.75, 3.05) is 7.11 Å². The molecule has 0 amide bonds. The maximum absolute atomic E-state index is 5.98. The van der Waals surface area contributed by atoms with Gasteiger partial charge in [0, 0.05) is 23.7 Å². The second-order valence-corrected chi connectivity index (χ2v) is 5.52. The van der Waals surface area contributed by atoms with Crippen LogP contribution >= 0.6 is 0 Å². The summed E-state index contributed by atoms with van der Waals surface area (Å²) in [6.07, 6.45) is 7.75. The molecule has 0 fully saturated rings. The molecule has 3 aromatic rings. The molecule has 0 spiro atoms. The fourth-order valence-electron chi connectivity index (χ4n) is 2.39. The fourth-order valence-corrected chi connectivity index (χ4v) is 2.39. The standard InChI is InChI=1S/C19H19NO2/c1-13(2)18-12-16-15(5-4-14-8-10-20-11-9-14)6-7-17(21-3)19(16)22-18/h4-13H,1-3H3/b5-4+. The van der Waals surface area contributed by atoms with Crippen LogP contribution in [0.5, 0.6) is 5.75 Å². The molecule has 0 radical (unpaired) electrons. The summed E-state index contributed by atoms with van der Waals surface area (Å²) in [7, 11) is 1.67. The van der Waals surface area contributed by atoms with Crippen LogP contribution in [0.15, 0.2) is 47.1 Å². The van der Waals surface area contributed by atoms with Crippen molar-refractivity contribution in [3.05, 3.63) is 59.6 Å². The molecule has 0 N–H and O–H groups in total. The highest BCUT2D eigenvalue weighted by Crippen LogP contribution is 2.34. The van der Waals surface area contributed by atoms with Crippen molar-refractivity contribution < 1.29 is 9.15 Å². The Labute approximate surface area is 130 Å². The summed E-state index contributed by atoms with van der Waals surface area (Å²) in [4.78, 5) is 4.03. The molecule has 3 nitrogen and oxygen atoms in total. The largest absolute Gasteiger partial charge is 0.493 e. The molecule has 0 bridgehead atoms. The molecule has 3 rings (SSSR count). The normalized spacial score (nSPS) is 11.6. The Morgan fingerprint density at radius 1 is 1.09 bits per heavy atom. The molecule has 0 saturated heterocycles. The van der Waals surface area contributed by atoms with E-state index in [1.165, 1.54) is 0 Å². The highest BCUT2D eigenvalue weighted by Gasteiger charge is 2.13. The van der Waals surface area contributed by atoms with Gasteiger partial charge < -0.3 is 9.15 Å². The quantitative estimate of drug-likeness (QED) is 0.669. The Hall–Kier alpha value is -2.55. The number of benzene rings is 1. The van der Waals surface area contributed by atoms with E-state index in [9.17, 15) is 0 Å². The van der Waals surface area contributed by atoms with Crippen LogP contribution in [0.2, 0.25) is 0 Å². The van der Waals surface area contributed by atoms with Gasteiger partial charge in [0.2, 0.25) is 0 Å². The fraction of sp³-hybridized carbons (Fsp3) is 0.211. The first-order chi connectivity index (χ1) is 10.7. The van der Waals surface area contributed by atoms with E-state index in [0.717, 1.165) is 33.6 Å². The van der Waals surface area contributed by atoms with Crippen LogP contribution in [0.3, 0.4) is 0 Å². The zero-order valence-electron chi connectivity index (χ0n) is 13.0. The number of aromatic nitrogens is 1. The van der Waals surface area contributed by atoms with Crippen LogP contribution < -0.4 is 4.74 Å². The Kier molecular flexibility index (Phi) is 3.96. The second kappa shape index (κ2) is 6.06. The molecular weight excluding hydrogens is 274 g/mol. The predicted octanol–water partition coefficient (Wildman–Crippen LogP) is 5.13. The van der Waals surface area contributed by atoms with Crippen LogP contribution in [-0.2, 0) is 0 Å². The van der Waals surface area contributed by atoms with Gasteiger partial charge in [0.05, 0.1) is 7.11 Å². The lowest BCUT2D eigenvalue weighted by Gasteiger charge is -2.03. The molecule has 112 valence electrons. The number of pyridine rings is 1. The highest BCUT2D eigenvalue weighted by molar-refractivity contribution is 5.93. The first-order valence-electron chi connectivity index (χ1n) is 7.37. The lowest BCUT2D eigenvalue weighted by atomic mass is 10.1. The SMILES string of the molecule is COc1ccc(/C=C/c2ccncc2)c2cc(C(C)C)oc12. The first-order valence-corrected chi connectivity index (χ1v) is 7.37. The van der Waals surface area contributed by atoms with E-state index in [4.69, 9.17) is 9.15 Å². The van der Waals surface area contributed by atoms with Gasteiger partial charge in [-0.1, -0.05) is 32.1 Å². The van der Waals surface area contributed by atoms with Crippen molar-refractivity contribution in [2.24, 2.45) is 0 Å². The molecule has 1 aromatic carbocycles. The molecule has 0 unspecified atom stereocenters. The van der Waals surface area contributed by atoms with Crippen molar-refractivity contribution in [3.63, 3.8) is 0 Å². The predicted molar refractivity (Wildman–Crippen MR) is 90.0 cm³/mol. The maximum atomic E-state index is 5.98. The third-order valence-electron chi connectivity index (χ3n) is 3.65. The number of hydrogen-bond acceptors (Lipinski definition) is 3. The average Bonchev–Trinajstić information content (AvgIpc) is 2.99. The molecule has 3 heteroatoms. The summed E-state index contributed by atoms with van der Waals surface area (Å²) < 4.78 is 11.4. The molecule has 2 heterocycles. The van der Waals surface area contributed by atoms with Crippen molar-refractivity contribution in [1.82, 2.24) is 4.98 Å². The Morgan fingerprint density at radius 2 is 1.86 bits per heavy atom. The van der Waals surface area contributed by atoms with Gasteiger partial charge in [0.25, 0.3) is 0 Å². The van der Waals surface area contributed by atoms with E-state index in [1.54, 1.807) is 19.5 Å². The smallest absolute Gasteiger partial charge is 0.176 e. The Bertz CT molecular complexity index is 801. The number of fused-ring (bicyclic) bond motifs is 1. The molecular formula is C19H19NO2. The van der Waals surface area contributed by atoms with Crippen LogP contribution in [-0.4, -0.2) is 12.1 Å².